The van der Waals surface area contributed by atoms with Crippen molar-refractivity contribution in [3.8, 4) is 0 Å². The second kappa shape index (κ2) is 4.37. The molecule has 1 aliphatic rings. The van der Waals surface area contributed by atoms with Crippen molar-refractivity contribution in [3.05, 3.63) is 30.5 Å². The highest BCUT2D eigenvalue weighted by atomic mass is 15.7. The van der Waals surface area contributed by atoms with Gasteiger partial charge < -0.3 is 4.90 Å². The lowest BCUT2D eigenvalue weighted by atomic mass is 10.3. The minimum Gasteiger partial charge on any atom is -0.304 e. The third kappa shape index (κ3) is 2.00. The van der Waals surface area contributed by atoms with E-state index in [1.807, 2.05) is 6.20 Å². The lowest BCUT2D eigenvalue weighted by Gasteiger charge is -2.23. The molecule has 1 saturated heterocycles. The van der Waals surface area contributed by atoms with Gasteiger partial charge in [0.15, 0.2) is 0 Å². The van der Waals surface area contributed by atoms with Crippen molar-refractivity contribution < 1.29 is 0 Å². The second-order valence-electron chi connectivity index (χ2n) is 4.70. The maximum absolute atomic E-state index is 4.51. The van der Waals surface area contributed by atoms with E-state index >= 15 is 0 Å². The molecule has 0 saturated carbocycles. The van der Waals surface area contributed by atoms with Crippen LogP contribution in [0.2, 0.25) is 0 Å². The smallest absolute Gasteiger partial charge is 0.0920 e. The zero-order valence-electron chi connectivity index (χ0n) is 10.2. The zero-order valence-corrected chi connectivity index (χ0v) is 10.2. The maximum atomic E-state index is 4.51. The van der Waals surface area contributed by atoms with E-state index in [1.165, 1.54) is 23.9 Å². The number of fused-ring (bicyclic) bond motifs is 1. The number of aromatic nitrogens is 2. The highest BCUT2D eigenvalue weighted by Crippen LogP contribution is 2.13. The molecule has 0 unspecified atom stereocenters. The van der Waals surface area contributed by atoms with Gasteiger partial charge in [-0.3, -0.25) is 5.01 Å². The monoisotopic (exact) mass is 230 g/mol. The van der Waals surface area contributed by atoms with Gasteiger partial charge in [0.2, 0.25) is 0 Å². The Labute approximate surface area is 101 Å². The standard InChI is InChI=1S/C13H18N4/c1-15-7-4-8-16(10-9-15)17-13-6-3-2-5-12(13)11-14-17/h2-3,5-6,11H,4,7-10H2,1H3. The van der Waals surface area contributed by atoms with Gasteiger partial charge in [0.25, 0.3) is 0 Å². The molecule has 90 valence electrons. The van der Waals surface area contributed by atoms with E-state index in [9.17, 15) is 0 Å². The normalized spacial score (nSPS) is 18.5. The largest absolute Gasteiger partial charge is 0.304 e. The lowest BCUT2D eigenvalue weighted by molar-refractivity contribution is 0.357. The van der Waals surface area contributed by atoms with Gasteiger partial charge >= 0.3 is 0 Å². The fraction of sp³-hybridized carbons (Fsp3) is 0.462. The van der Waals surface area contributed by atoms with Gasteiger partial charge in [-0.15, -0.1) is 0 Å². The Bertz CT molecular complexity index is 505. The van der Waals surface area contributed by atoms with Crippen LogP contribution in [0.1, 0.15) is 6.42 Å². The molecule has 0 atom stereocenters. The van der Waals surface area contributed by atoms with Crippen molar-refractivity contribution in [2.24, 2.45) is 0 Å². The summed E-state index contributed by atoms with van der Waals surface area (Å²) in [6.07, 6.45) is 3.15. The van der Waals surface area contributed by atoms with Crippen LogP contribution in [0.4, 0.5) is 0 Å². The lowest BCUT2D eigenvalue weighted by Crippen LogP contribution is -2.38. The van der Waals surface area contributed by atoms with Crippen LogP contribution in [0.3, 0.4) is 0 Å². The van der Waals surface area contributed by atoms with Crippen LogP contribution in [0.25, 0.3) is 10.9 Å². The van der Waals surface area contributed by atoms with Gasteiger partial charge in [-0.1, -0.05) is 18.2 Å². The first kappa shape index (κ1) is 10.6. The van der Waals surface area contributed by atoms with Crippen molar-refractivity contribution >= 4 is 10.9 Å². The van der Waals surface area contributed by atoms with Crippen LogP contribution in [-0.2, 0) is 0 Å². The highest BCUT2D eigenvalue weighted by molar-refractivity contribution is 5.78. The molecule has 2 aromatic rings. The molecule has 3 rings (SSSR count). The van der Waals surface area contributed by atoms with E-state index in [1.54, 1.807) is 0 Å². The van der Waals surface area contributed by atoms with Gasteiger partial charge in [-0.05, 0) is 26.1 Å². The van der Waals surface area contributed by atoms with Gasteiger partial charge in [-0.25, -0.2) is 0 Å². The Kier molecular flexibility index (Phi) is 2.73. The number of rotatable bonds is 1. The molecular formula is C13H18N4. The first-order valence-corrected chi connectivity index (χ1v) is 6.21. The minimum atomic E-state index is 1.04. The summed E-state index contributed by atoms with van der Waals surface area (Å²) in [6, 6.07) is 8.38. The molecule has 1 fully saturated rings. The Morgan fingerprint density at radius 3 is 2.88 bits per heavy atom. The van der Waals surface area contributed by atoms with Crippen LogP contribution in [0.5, 0.6) is 0 Å². The number of para-hydroxylation sites is 1. The number of hydrogen-bond donors (Lipinski definition) is 0. The summed E-state index contributed by atoms with van der Waals surface area (Å²) in [5.74, 6) is 0. The Balaban J connectivity index is 1.92. The molecule has 0 N–H and O–H groups in total. The predicted molar refractivity (Wildman–Crippen MR) is 69.8 cm³/mol. The van der Waals surface area contributed by atoms with Gasteiger partial charge in [-0.2, -0.15) is 9.89 Å². The SMILES string of the molecule is CN1CCCN(n2ncc3ccccc32)CC1. The van der Waals surface area contributed by atoms with Crippen LogP contribution in [0, 0.1) is 0 Å². The predicted octanol–water partition coefficient (Wildman–Crippen LogP) is 1.31. The third-order valence-corrected chi connectivity index (χ3v) is 3.42. The van der Waals surface area contributed by atoms with E-state index in [0.717, 1.165) is 19.6 Å². The quantitative estimate of drug-likeness (QED) is 0.738. The third-order valence-electron chi connectivity index (χ3n) is 3.42. The van der Waals surface area contributed by atoms with Crippen molar-refractivity contribution in [1.29, 1.82) is 0 Å². The molecule has 1 aromatic heterocycles. The molecule has 0 aliphatic carbocycles. The fourth-order valence-corrected chi connectivity index (χ4v) is 2.41. The molecule has 17 heavy (non-hydrogen) atoms. The first-order valence-electron chi connectivity index (χ1n) is 6.21. The second-order valence-corrected chi connectivity index (χ2v) is 4.70. The first-order chi connectivity index (χ1) is 8.34. The minimum absolute atomic E-state index is 1.04. The maximum Gasteiger partial charge on any atom is 0.0920 e. The summed E-state index contributed by atoms with van der Waals surface area (Å²) in [7, 11) is 2.19. The highest BCUT2D eigenvalue weighted by Gasteiger charge is 2.14. The molecule has 0 spiro atoms. The summed E-state index contributed by atoms with van der Waals surface area (Å²) in [5.41, 5.74) is 1.21. The van der Waals surface area contributed by atoms with Crippen LogP contribution in [-0.4, -0.2) is 48.0 Å². The number of benzene rings is 1. The molecule has 4 nitrogen and oxygen atoms in total. The molecule has 1 aromatic carbocycles. The Hall–Kier alpha value is -1.55. The van der Waals surface area contributed by atoms with E-state index in [0.29, 0.717) is 0 Å². The van der Waals surface area contributed by atoms with Crippen LogP contribution < -0.4 is 5.01 Å². The van der Waals surface area contributed by atoms with Crippen LogP contribution in [0.15, 0.2) is 30.5 Å². The van der Waals surface area contributed by atoms with Crippen molar-refractivity contribution in [2.75, 3.05) is 38.2 Å². The summed E-state index contributed by atoms with van der Waals surface area (Å²) in [6.45, 7) is 4.40. The average Bonchev–Trinajstić information content (AvgIpc) is 2.66. The number of hydrogen-bond acceptors (Lipinski definition) is 3. The van der Waals surface area contributed by atoms with Crippen LogP contribution >= 0.6 is 0 Å². The summed E-state index contributed by atoms with van der Waals surface area (Å²) in [5, 5.41) is 8.06. The summed E-state index contributed by atoms with van der Waals surface area (Å²) >= 11 is 0. The molecule has 0 bridgehead atoms. The van der Waals surface area contributed by atoms with Gasteiger partial charge in [0.1, 0.15) is 0 Å². The molecule has 4 heteroatoms. The van der Waals surface area contributed by atoms with E-state index in [-0.39, 0.29) is 0 Å². The van der Waals surface area contributed by atoms with E-state index in [4.69, 9.17) is 0 Å². The van der Waals surface area contributed by atoms with Crippen molar-refractivity contribution in [1.82, 2.24) is 14.8 Å². The molecular weight excluding hydrogens is 212 g/mol. The summed E-state index contributed by atoms with van der Waals surface area (Å²) < 4.78 is 0. The molecule has 2 heterocycles. The topological polar surface area (TPSA) is 24.3 Å². The van der Waals surface area contributed by atoms with Crippen molar-refractivity contribution in [3.63, 3.8) is 0 Å². The molecule has 0 amide bonds. The Morgan fingerprint density at radius 2 is 1.94 bits per heavy atom. The van der Waals surface area contributed by atoms with E-state index in [2.05, 4.69) is 51.1 Å². The molecule has 0 radical (unpaired) electrons. The van der Waals surface area contributed by atoms with E-state index < -0.39 is 0 Å². The molecule has 1 aliphatic heterocycles. The number of likely N-dealkylation sites (N-methyl/N-ethyl adjacent to an activating group) is 1. The van der Waals surface area contributed by atoms with Gasteiger partial charge in [0, 0.05) is 25.0 Å². The number of nitrogens with zero attached hydrogens (tertiary/aromatic N) is 4. The Morgan fingerprint density at radius 1 is 1.06 bits per heavy atom. The summed E-state index contributed by atoms with van der Waals surface area (Å²) in [4.78, 5) is 4.44. The van der Waals surface area contributed by atoms with Gasteiger partial charge in [0.05, 0.1) is 11.7 Å². The van der Waals surface area contributed by atoms with Crippen molar-refractivity contribution in [2.45, 2.75) is 6.42 Å². The zero-order chi connectivity index (χ0) is 11.7. The fourth-order valence-electron chi connectivity index (χ4n) is 2.41. The average molecular weight is 230 g/mol.